The molecule has 0 heterocycles. The van der Waals surface area contributed by atoms with Gasteiger partial charge in [-0.25, -0.2) is 4.79 Å². The summed E-state index contributed by atoms with van der Waals surface area (Å²) in [5.74, 6) is -1.53. The molecule has 6 heteroatoms. The van der Waals surface area contributed by atoms with Crippen LogP contribution in [0.25, 0.3) is 0 Å². The SMILES string of the molecule is CC(C)[C@@H](N)C(=O)N[C@H](Cc1ccccc1)C(=O)O.Cl. The highest BCUT2D eigenvalue weighted by molar-refractivity contribution is 5.87. The molecule has 5 nitrogen and oxygen atoms in total. The van der Waals surface area contributed by atoms with Crippen LogP contribution in [0.2, 0.25) is 0 Å². The zero-order chi connectivity index (χ0) is 14.4. The summed E-state index contributed by atoms with van der Waals surface area (Å²) < 4.78 is 0. The first-order chi connectivity index (χ1) is 8.91. The predicted octanol–water partition coefficient (Wildman–Crippen LogP) is 1.20. The Hall–Kier alpha value is -1.59. The summed E-state index contributed by atoms with van der Waals surface area (Å²) in [5.41, 5.74) is 6.55. The maximum Gasteiger partial charge on any atom is 0.326 e. The predicted molar refractivity (Wildman–Crippen MR) is 79.8 cm³/mol. The van der Waals surface area contributed by atoms with E-state index in [4.69, 9.17) is 10.8 Å². The molecule has 0 aliphatic heterocycles. The summed E-state index contributed by atoms with van der Waals surface area (Å²) in [7, 11) is 0. The van der Waals surface area contributed by atoms with E-state index in [9.17, 15) is 9.59 Å². The fourth-order valence-electron chi connectivity index (χ4n) is 1.62. The highest BCUT2D eigenvalue weighted by atomic mass is 35.5. The van der Waals surface area contributed by atoms with Crippen molar-refractivity contribution in [3.8, 4) is 0 Å². The molecular formula is C14H21ClN2O3. The third kappa shape index (κ3) is 5.59. The van der Waals surface area contributed by atoms with E-state index in [0.717, 1.165) is 5.56 Å². The fourth-order valence-corrected chi connectivity index (χ4v) is 1.62. The molecule has 1 aromatic rings. The summed E-state index contributed by atoms with van der Waals surface area (Å²) in [6.07, 6.45) is 0.243. The Kier molecular flexibility index (Phi) is 7.87. The molecule has 1 aromatic carbocycles. The first-order valence-corrected chi connectivity index (χ1v) is 6.24. The van der Waals surface area contributed by atoms with E-state index in [0.29, 0.717) is 0 Å². The number of aliphatic carboxylic acids is 1. The van der Waals surface area contributed by atoms with Crippen molar-refractivity contribution in [2.75, 3.05) is 0 Å². The van der Waals surface area contributed by atoms with Gasteiger partial charge in [0, 0.05) is 6.42 Å². The molecule has 0 bridgehead atoms. The fraction of sp³-hybridized carbons (Fsp3) is 0.429. The maximum absolute atomic E-state index is 11.8. The van der Waals surface area contributed by atoms with Crippen LogP contribution in [0, 0.1) is 5.92 Å². The van der Waals surface area contributed by atoms with Crippen LogP contribution in [-0.4, -0.2) is 29.1 Å². The lowest BCUT2D eigenvalue weighted by Gasteiger charge is -2.19. The third-order valence-corrected chi connectivity index (χ3v) is 2.92. The van der Waals surface area contributed by atoms with E-state index in [1.54, 1.807) is 0 Å². The van der Waals surface area contributed by atoms with Crippen molar-refractivity contribution in [2.24, 2.45) is 11.7 Å². The Morgan fingerprint density at radius 3 is 2.25 bits per heavy atom. The van der Waals surface area contributed by atoms with Crippen molar-refractivity contribution in [3.05, 3.63) is 35.9 Å². The van der Waals surface area contributed by atoms with Gasteiger partial charge >= 0.3 is 5.97 Å². The molecule has 0 aliphatic rings. The molecule has 0 fully saturated rings. The second-order valence-corrected chi connectivity index (χ2v) is 4.86. The Morgan fingerprint density at radius 1 is 1.25 bits per heavy atom. The highest BCUT2D eigenvalue weighted by Crippen LogP contribution is 2.05. The van der Waals surface area contributed by atoms with Gasteiger partial charge in [0.15, 0.2) is 0 Å². The molecular weight excluding hydrogens is 280 g/mol. The molecule has 1 rings (SSSR count). The summed E-state index contributed by atoms with van der Waals surface area (Å²) in [6.45, 7) is 3.63. The zero-order valence-electron chi connectivity index (χ0n) is 11.6. The lowest BCUT2D eigenvalue weighted by molar-refractivity contribution is -0.142. The topological polar surface area (TPSA) is 92.4 Å². The van der Waals surface area contributed by atoms with Gasteiger partial charge in [-0.2, -0.15) is 0 Å². The van der Waals surface area contributed by atoms with Crippen LogP contribution in [0.15, 0.2) is 30.3 Å². The van der Waals surface area contributed by atoms with Crippen molar-refractivity contribution in [1.82, 2.24) is 5.32 Å². The average Bonchev–Trinajstić information content (AvgIpc) is 2.37. The van der Waals surface area contributed by atoms with Crippen LogP contribution < -0.4 is 11.1 Å². The highest BCUT2D eigenvalue weighted by Gasteiger charge is 2.24. The number of carbonyl (C=O) groups excluding carboxylic acids is 1. The molecule has 0 saturated heterocycles. The average molecular weight is 301 g/mol. The van der Waals surface area contributed by atoms with E-state index in [-0.39, 0.29) is 24.7 Å². The van der Waals surface area contributed by atoms with Crippen molar-refractivity contribution >= 4 is 24.3 Å². The van der Waals surface area contributed by atoms with Gasteiger partial charge in [-0.15, -0.1) is 12.4 Å². The molecule has 4 N–H and O–H groups in total. The first-order valence-electron chi connectivity index (χ1n) is 6.24. The van der Waals surface area contributed by atoms with Gasteiger partial charge in [0.05, 0.1) is 6.04 Å². The molecule has 0 unspecified atom stereocenters. The normalized spacial score (nSPS) is 13.2. The second kappa shape index (κ2) is 8.55. The standard InChI is InChI=1S/C14H20N2O3.ClH/c1-9(2)12(15)13(17)16-11(14(18)19)8-10-6-4-3-5-7-10;/h3-7,9,11-12H,8,15H2,1-2H3,(H,16,17)(H,18,19);1H/t11-,12-;/m1./s1. The Balaban J connectivity index is 0.00000361. The van der Waals surface area contributed by atoms with E-state index in [1.165, 1.54) is 0 Å². The van der Waals surface area contributed by atoms with E-state index in [2.05, 4.69) is 5.32 Å². The Bertz CT molecular complexity index is 437. The Morgan fingerprint density at radius 2 is 1.80 bits per heavy atom. The molecule has 2 atom stereocenters. The number of carboxylic acid groups (broad SMARTS) is 1. The molecule has 1 amide bonds. The number of rotatable bonds is 6. The van der Waals surface area contributed by atoms with Gasteiger partial charge in [-0.3, -0.25) is 4.79 Å². The number of carbonyl (C=O) groups is 2. The number of nitrogens with two attached hydrogens (primary N) is 1. The number of benzene rings is 1. The van der Waals surface area contributed by atoms with E-state index >= 15 is 0 Å². The van der Waals surface area contributed by atoms with Gasteiger partial charge in [0.25, 0.3) is 0 Å². The van der Waals surface area contributed by atoms with E-state index in [1.807, 2.05) is 44.2 Å². The smallest absolute Gasteiger partial charge is 0.326 e. The van der Waals surface area contributed by atoms with Crippen LogP contribution in [0.5, 0.6) is 0 Å². The van der Waals surface area contributed by atoms with Gasteiger partial charge < -0.3 is 16.2 Å². The molecule has 0 saturated carbocycles. The Labute approximate surface area is 125 Å². The lowest BCUT2D eigenvalue weighted by Crippen LogP contribution is -2.51. The van der Waals surface area contributed by atoms with Gasteiger partial charge in [-0.05, 0) is 11.5 Å². The quantitative estimate of drug-likeness (QED) is 0.736. The largest absolute Gasteiger partial charge is 0.480 e. The first kappa shape index (κ1) is 18.4. The molecule has 0 aliphatic carbocycles. The minimum Gasteiger partial charge on any atom is -0.480 e. The number of hydrogen-bond acceptors (Lipinski definition) is 3. The molecule has 112 valence electrons. The molecule has 0 radical (unpaired) electrons. The van der Waals surface area contributed by atoms with E-state index < -0.39 is 24.0 Å². The monoisotopic (exact) mass is 300 g/mol. The van der Waals surface area contributed by atoms with Crippen LogP contribution in [0.4, 0.5) is 0 Å². The number of carboxylic acids is 1. The van der Waals surface area contributed by atoms with Crippen LogP contribution >= 0.6 is 12.4 Å². The van der Waals surface area contributed by atoms with Crippen molar-refractivity contribution in [1.29, 1.82) is 0 Å². The number of halogens is 1. The van der Waals surface area contributed by atoms with Gasteiger partial charge in [-0.1, -0.05) is 44.2 Å². The zero-order valence-corrected chi connectivity index (χ0v) is 12.4. The number of nitrogens with one attached hydrogen (secondary N) is 1. The molecule has 0 spiro atoms. The van der Waals surface area contributed by atoms with Crippen LogP contribution in [0.3, 0.4) is 0 Å². The lowest BCUT2D eigenvalue weighted by atomic mass is 10.0. The summed E-state index contributed by atoms with van der Waals surface area (Å²) in [4.78, 5) is 23.0. The maximum atomic E-state index is 11.8. The van der Waals surface area contributed by atoms with Crippen molar-refractivity contribution in [3.63, 3.8) is 0 Å². The minimum atomic E-state index is -1.06. The second-order valence-electron chi connectivity index (χ2n) is 4.86. The summed E-state index contributed by atoms with van der Waals surface area (Å²) in [6, 6.07) is 7.50. The van der Waals surface area contributed by atoms with Crippen LogP contribution in [0.1, 0.15) is 19.4 Å². The summed E-state index contributed by atoms with van der Waals surface area (Å²) in [5, 5.41) is 11.6. The number of hydrogen-bond donors (Lipinski definition) is 3. The number of amides is 1. The van der Waals surface area contributed by atoms with Crippen molar-refractivity contribution in [2.45, 2.75) is 32.4 Å². The van der Waals surface area contributed by atoms with Crippen LogP contribution in [-0.2, 0) is 16.0 Å². The minimum absolute atomic E-state index is 0. The third-order valence-electron chi connectivity index (χ3n) is 2.92. The molecule has 20 heavy (non-hydrogen) atoms. The van der Waals surface area contributed by atoms with Crippen molar-refractivity contribution < 1.29 is 14.7 Å². The molecule has 0 aromatic heterocycles. The van der Waals surface area contributed by atoms with Gasteiger partial charge in [0.2, 0.25) is 5.91 Å². The summed E-state index contributed by atoms with van der Waals surface area (Å²) >= 11 is 0. The van der Waals surface area contributed by atoms with Gasteiger partial charge in [0.1, 0.15) is 6.04 Å².